The average molecular weight is 357 g/mol. The molecule has 0 unspecified atom stereocenters. The number of rotatable bonds is 7. The van der Waals surface area contributed by atoms with Gasteiger partial charge in [-0.15, -0.1) is 0 Å². The second-order valence-electron chi connectivity index (χ2n) is 6.13. The summed E-state index contributed by atoms with van der Waals surface area (Å²) in [6, 6.07) is 24.5. The van der Waals surface area contributed by atoms with E-state index >= 15 is 0 Å². The van der Waals surface area contributed by atoms with Gasteiger partial charge in [-0.3, -0.25) is 0 Å². The molecule has 4 nitrogen and oxygen atoms in total. The van der Waals surface area contributed by atoms with E-state index in [0.29, 0.717) is 30.6 Å². The first-order valence-corrected chi connectivity index (χ1v) is 8.69. The maximum Gasteiger partial charge on any atom is 0.336 e. The molecule has 0 aromatic heterocycles. The first kappa shape index (κ1) is 18.2. The molecule has 3 aromatic carbocycles. The van der Waals surface area contributed by atoms with E-state index in [1.807, 2.05) is 54.6 Å². The summed E-state index contributed by atoms with van der Waals surface area (Å²) in [5.41, 5.74) is 3.20. The number of carboxylic acid groups (broad SMARTS) is 1. The maximum atomic E-state index is 11.5. The van der Waals surface area contributed by atoms with Crippen LogP contribution in [0.15, 0.2) is 72.8 Å². The van der Waals surface area contributed by atoms with E-state index in [2.05, 4.69) is 6.07 Å². The van der Waals surface area contributed by atoms with Crippen LogP contribution < -0.4 is 4.74 Å². The van der Waals surface area contributed by atoms with Crippen LogP contribution in [0.25, 0.3) is 0 Å². The number of hydrogen-bond acceptors (Lipinski definition) is 3. The number of hydrogen-bond donors (Lipinski definition) is 1. The van der Waals surface area contributed by atoms with Gasteiger partial charge in [0.2, 0.25) is 0 Å². The lowest BCUT2D eigenvalue weighted by Gasteiger charge is -2.13. The molecule has 0 heterocycles. The van der Waals surface area contributed by atoms with Crippen LogP contribution in [-0.4, -0.2) is 11.1 Å². The Morgan fingerprint density at radius 2 is 1.67 bits per heavy atom. The molecule has 3 rings (SSSR count). The van der Waals surface area contributed by atoms with Crippen LogP contribution in [0.1, 0.15) is 32.6 Å². The van der Waals surface area contributed by atoms with Gasteiger partial charge in [-0.2, -0.15) is 5.26 Å². The number of nitriles is 1. The number of nitrogens with zero attached hydrogens (tertiary/aromatic N) is 1. The second-order valence-corrected chi connectivity index (χ2v) is 6.13. The largest absolute Gasteiger partial charge is 0.489 e. The molecule has 0 bridgehead atoms. The quantitative estimate of drug-likeness (QED) is 0.670. The molecule has 0 amide bonds. The van der Waals surface area contributed by atoms with Gasteiger partial charge < -0.3 is 9.84 Å². The molecule has 3 aromatic rings. The lowest BCUT2D eigenvalue weighted by atomic mass is 9.95. The Kier molecular flexibility index (Phi) is 5.86. The van der Waals surface area contributed by atoms with E-state index in [0.717, 1.165) is 16.9 Å². The van der Waals surface area contributed by atoms with E-state index in [-0.39, 0.29) is 5.56 Å². The molecule has 4 heteroatoms. The van der Waals surface area contributed by atoms with Gasteiger partial charge in [0.1, 0.15) is 12.4 Å². The van der Waals surface area contributed by atoms with Crippen molar-refractivity contribution in [3.63, 3.8) is 0 Å². The second kappa shape index (κ2) is 8.68. The van der Waals surface area contributed by atoms with Crippen LogP contribution >= 0.6 is 0 Å². The monoisotopic (exact) mass is 357 g/mol. The molecule has 0 atom stereocenters. The minimum atomic E-state index is -1.02. The van der Waals surface area contributed by atoms with Crippen molar-refractivity contribution >= 4 is 5.97 Å². The highest BCUT2D eigenvalue weighted by atomic mass is 16.5. The Labute approximate surface area is 158 Å². The van der Waals surface area contributed by atoms with E-state index in [1.54, 1.807) is 12.1 Å². The van der Waals surface area contributed by atoms with Crippen molar-refractivity contribution in [2.24, 2.45) is 0 Å². The fraction of sp³-hybridized carbons (Fsp3) is 0.130. The zero-order valence-corrected chi connectivity index (χ0v) is 14.8. The summed E-state index contributed by atoms with van der Waals surface area (Å²) in [5.74, 6) is -0.247. The topological polar surface area (TPSA) is 70.3 Å². The van der Waals surface area contributed by atoms with Crippen LogP contribution in [0.4, 0.5) is 0 Å². The van der Waals surface area contributed by atoms with Gasteiger partial charge in [-0.25, -0.2) is 4.79 Å². The zero-order chi connectivity index (χ0) is 19.1. The Morgan fingerprint density at radius 3 is 2.41 bits per heavy atom. The number of para-hydroxylation sites is 1. The summed E-state index contributed by atoms with van der Waals surface area (Å²) in [7, 11) is 0. The number of aromatic carboxylic acids is 1. The van der Waals surface area contributed by atoms with Crippen molar-refractivity contribution in [2.75, 3.05) is 0 Å². The number of benzene rings is 3. The van der Waals surface area contributed by atoms with Gasteiger partial charge in [0.25, 0.3) is 0 Å². The van der Waals surface area contributed by atoms with Crippen molar-refractivity contribution in [1.82, 2.24) is 0 Å². The lowest BCUT2D eigenvalue weighted by molar-refractivity contribution is 0.0695. The fourth-order valence-corrected chi connectivity index (χ4v) is 3.01. The van der Waals surface area contributed by atoms with Gasteiger partial charge in [0.15, 0.2) is 0 Å². The third-order valence-corrected chi connectivity index (χ3v) is 4.38. The molecule has 0 spiro atoms. The highest BCUT2D eigenvalue weighted by Crippen LogP contribution is 2.23. The number of aryl methyl sites for hydroxylation is 1. The van der Waals surface area contributed by atoms with Crippen LogP contribution in [0.2, 0.25) is 0 Å². The van der Waals surface area contributed by atoms with Crippen molar-refractivity contribution < 1.29 is 14.6 Å². The summed E-state index contributed by atoms with van der Waals surface area (Å²) >= 11 is 0. The Bertz CT molecular complexity index is 974. The summed E-state index contributed by atoms with van der Waals surface area (Å²) in [6.45, 7) is 0.465. The molecule has 0 saturated heterocycles. The molecular weight excluding hydrogens is 338 g/mol. The van der Waals surface area contributed by atoms with E-state index in [4.69, 9.17) is 4.74 Å². The Hall–Kier alpha value is -3.58. The zero-order valence-electron chi connectivity index (χ0n) is 14.8. The number of carbonyl (C=O) groups is 1. The van der Waals surface area contributed by atoms with Gasteiger partial charge in [-0.05, 0) is 47.7 Å². The molecular formula is C23H19NO3. The van der Waals surface area contributed by atoms with E-state index < -0.39 is 5.97 Å². The smallest absolute Gasteiger partial charge is 0.336 e. The van der Waals surface area contributed by atoms with Gasteiger partial charge in [0, 0.05) is 0 Å². The summed E-state index contributed by atoms with van der Waals surface area (Å²) in [6.07, 6.45) is 1.04. The van der Waals surface area contributed by atoms with Crippen molar-refractivity contribution in [2.45, 2.75) is 19.4 Å². The first-order chi connectivity index (χ1) is 13.2. The van der Waals surface area contributed by atoms with Crippen LogP contribution in [-0.2, 0) is 19.4 Å². The van der Waals surface area contributed by atoms with Crippen molar-refractivity contribution in [1.29, 1.82) is 5.26 Å². The predicted molar refractivity (Wildman–Crippen MR) is 103 cm³/mol. The Morgan fingerprint density at radius 1 is 0.926 bits per heavy atom. The Balaban J connectivity index is 1.78. The molecule has 1 N–H and O–H groups in total. The van der Waals surface area contributed by atoms with Crippen molar-refractivity contribution in [3.8, 4) is 11.8 Å². The summed E-state index contributed by atoms with van der Waals surface area (Å²) in [4.78, 5) is 11.5. The third kappa shape index (κ3) is 4.53. The number of ether oxygens (including phenoxy) is 1. The van der Waals surface area contributed by atoms with Gasteiger partial charge in [-0.1, -0.05) is 54.6 Å². The molecule has 0 radical (unpaired) electrons. The van der Waals surface area contributed by atoms with E-state index in [1.165, 1.54) is 6.07 Å². The molecule has 0 aliphatic carbocycles. The highest BCUT2D eigenvalue weighted by molar-refractivity contribution is 5.90. The maximum absolute atomic E-state index is 11.5. The highest BCUT2D eigenvalue weighted by Gasteiger charge is 2.14. The van der Waals surface area contributed by atoms with Crippen molar-refractivity contribution in [3.05, 3.63) is 101 Å². The number of carboxylic acids is 1. The fourth-order valence-electron chi connectivity index (χ4n) is 3.01. The molecule has 0 saturated carbocycles. The molecule has 0 aliphatic heterocycles. The molecule has 0 aliphatic rings. The van der Waals surface area contributed by atoms with Crippen LogP contribution in [0.5, 0.6) is 5.75 Å². The SMILES string of the molecule is N#Cc1cccc(C(=O)O)c1CCc1ccccc1OCc1ccccc1. The predicted octanol–water partition coefficient (Wildman–Crippen LogP) is 4.62. The normalized spacial score (nSPS) is 10.2. The minimum Gasteiger partial charge on any atom is -0.489 e. The summed E-state index contributed by atoms with van der Waals surface area (Å²) < 4.78 is 5.96. The van der Waals surface area contributed by atoms with Crippen LogP contribution in [0, 0.1) is 11.3 Å². The van der Waals surface area contributed by atoms with Crippen LogP contribution in [0.3, 0.4) is 0 Å². The third-order valence-electron chi connectivity index (χ3n) is 4.38. The van der Waals surface area contributed by atoms with Gasteiger partial charge in [0.05, 0.1) is 17.2 Å². The molecule has 0 fully saturated rings. The van der Waals surface area contributed by atoms with E-state index in [9.17, 15) is 15.2 Å². The lowest BCUT2D eigenvalue weighted by Crippen LogP contribution is -2.07. The molecule has 27 heavy (non-hydrogen) atoms. The average Bonchev–Trinajstić information content (AvgIpc) is 2.71. The standard InChI is InChI=1S/C23H19NO3/c24-15-19-10-6-11-21(23(25)26)20(19)14-13-18-9-4-5-12-22(18)27-16-17-7-2-1-3-8-17/h1-12H,13-14,16H2,(H,25,26). The molecule has 134 valence electrons. The summed E-state index contributed by atoms with van der Waals surface area (Å²) in [5, 5.41) is 18.7. The minimum absolute atomic E-state index is 0.178. The first-order valence-electron chi connectivity index (χ1n) is 8.69. The van der Waals surface area contributed by atoms with Gasteiger partial charge >= 0.3 is 5.97 Å².